The van der Waals surface area contributed by atoms with Gasteiger partial charge in [-0.25, -0.2) is 0 Å². The molecule has 1 aliphatic rings. The largest absolute Gasteiger partial charge is 0.417 e. The molecule has 24 heavy (non-hydrogen) atoms. The van der Waals surface area contributed by atoms with Gasteiger partial charge in [-0.1, -0.05) is 42.5 Å². The van der Waals surface area contributed by atoms with Crippen LogP contribution in [0.25, 0.3) is 0 Å². The third-order valence-electron chi connectivity index (χ3n) is 3.87. The molecule has 0 spiro atoms. The van der Waals surface area contributed by atoms with Crippen molar-refractivity contribution in [3.8, 4) is 0 Å². The fraction of sp³-hybridized carbons (Fsp3) is 0.333. The first-order valence-corrected chi connectivity index (χ1v) is 8.64. The highest BCUT2D eigenvalue weighted by Crippen LogP contribution is 2.44. The Morgan fingerprint density at radius 3 is 2.42 bits per heavy atom. The van der Waals surface area contributed by atoms with Crippen molar-refractivity contribution < 1.29 is 17.9 Å². The van der Waals surface area contributed by atoms with Gasteiger partial charge in [-0.15, -0.1) is 11.8 Å². The smallest absolute Gasteiger partial charge is 0.374 e. The molecule has 2 aromatic rings. The van der Waals surface area contributed by atoms with E-state index in [1.54, 1.807) is 6.07 Å². The van der Waals surface area contributed by atoms with Gasteiger partial charge in [0.05, 0.1) is 23.5 Å². The van der Waals surface area contributed by atoms with E-state index in [0.29, 0.717) is 13.2 Å². The molecular formula is C18H18F3NOS. The van der Waals surface area contributed by atoms with E-state index >= 15 is 0 Å². The van der Waals surface area contributed by atoms with Crippen LogP contribution in [0.15, 0.2) is 59.5 Å². The Labute approximate surface area is 143 Å². The van der Waals surface area contributed by atoms with Crippen molar-refractivity contribution in [2.75, 3.05) is 19.7 Å². The molecule has 1 N–H and O–H groups in total. The lowest BCUT2D eigenvalue weighted by atomic mass is 10.1. The number of hydrogen-bond donors (Lipinski definition) is 1. The van der Waals surface area contributed by atoms with Crippen LogP contribution in [-0.4, -0.2) is 25.8 Å². The van der Waals surface area contributed by atoms with E-state index in [0.717, 1.165) is 18.2 Å². The van der Waals surface area contributed by atoms with Gasteiger partial charge in [-0.3, -0.25) is 0 Å². The molecular weight excluding hydrogens is 335 g/mol. The number of ether oxygens (including phenoxy) is 1. The van der Waals surface area contributed by atoms with Crippen molar-refractivity contribution >= 4 is 11.8 Å². The topological polar surface area (TPSA) is 21.3 Å². The number of hydrogen-bond acceptors (Lipinski definition) is 3. The summed E-state index contributed by atoms with van der Waals surface area (Å²) in [5.41, 5.74) is 0.368. The fourth-order valence-electron chi connectivity index (χ4n) is 2.72. The molecule has 0 aromatic heterocycles. The average molecular weight is 353 g/mol. The summed E-state index contributed by atoms with van der Waals surface area (Å²) in [6, 6.07) is 15.3. The van der Waals surface area contributed by atoms with Crippen LogP contribution in [0.4, 0.5) is 13.2 Å². The number of rotatable bonds is 4. The zero-order chi connectivity index (χ0) is 17.0. The SMILES string of the molecule is FC(F)(F)c1ccccc1SC(c1ccccc1)[C@H]1CNCCO1. The summed E-state index contributed by atoms with van der Waals surface area (Å²) in [7, 11) is 0. The van der Waals surface area contributed by atoms with Crippen molar-refractivity contribution in [3.63, 3.8) is 0 Å². The van der Waals surface area contributed by atoms with Gasteiger partial charge < -0.3 is 10.1 Å². The lowest BCUT2D eigenvalue weighted by Crippen LogP contribution is -2.41. The molecule has 0 amide bonds. The highest BCUT2D eigenvalue weighted by atomic mass is 32.2. The summed E-state index contributed by atoms with van der Waals surface area (Å²) in [4.78, 5) is 0.230. The van der Waals surface area contributed by atoms with Crippen LogP contribution in [0.3, 0.4) is 0 Å². The molecule has 6 heteroatoms. The van der Waals surface area contributed by atoms with E-state index in [9.17, 15) is 13.2 Å². The van der Waals surface area contributed by atoms with Crippen molar-refractivity contribution in [3.05, 3.63) is 65.7 Å². The van der Waals surface area contributed by atoms with Gasteiger partial charge in [0.1, 0.15) is 0 Å². The van der Waals surface area contributed by atoms with Crippen LogP contribution in [0.1, 0.15) is 16.4 Å². The third-order valence-corrected chi connectivity index (χ3v) is 5.31. The minimum Gasteiger partial charge on any atom is -0.374 e. The van der Waals surface area contributed by atoms with E-state index < -0.39 is 11.7 Å². The van der Waals surface area contributed by atoms with Gasteiger partial charge in [0.15, 0.2) is 0 Å². The standard InChI is InChI=1S/C18H18F3NOS/c19-18(20,21)14-8-4-5-9-16(14)24-17(13-6-2-1-3-7-13)15-12-22-10-11-23-15/h1-9,15,17,22H,10-12H2/t15-,17?/m1/s1. The molecule has 0 aliphatic carbocycles. The zero-order valence-electron chi connectivity index (χ0n) is 12.9. The van der Waals surface area contributed by atoms with Crippen LogP contribution in [0.2, 0.25) is 0 Å². The highest BCUT2D eigenvalue weighted by molar-refractivity contribution is 7.99. The molecule has 1 aliphatic heterocycles. The number of thioether (sulfide) groups is 1. The quantitative estimate of drug-likeness (QED) is 0.816. The second-order valence-electron chi connectivity index (χ2n) is 5.56. The van der Waals surface area contributed by atoms with Crippen molar-refractivity contribution in [2.45, 2.75) is 22.4 Å². The Hall–Kier alpha value is -1.50. The molecule has 1 fully saturated rings. The Bertz CT molecular complexity index is 657. The molecule has 3 rings (SSSR count). The summed E-state index contributed by atoms with van der Waals surface area (Å²) < 4.78 is 45.7. The molecule has 0 saturated carbocycles. The predicted octanol–water partition coefficient (Wildman–Crippen LogP) is 4.53. The molecule has 0 bridgehead atoms. The lowest BCUT2D eigenvalue weighted by molar-refractivity contribution is -0.139. The Morgan fingerprint density at radius 2 is 1.75 bits per heavy atom. The Morgan fingerprint density at radius 1 is 1.04 bits per heavy atom. The van der Waals surface area contributed by atoms with Crippen molar-refractivity contribution in [2.24, 2.45) is 0 Å². The minimum atomic E-state index is -4.36. The molecule has 1 unspecified atom stereocenters. The first-order valence-electron chi connectivity index (χ1n) is 7.76. The van der Waals surface area contributed by atoms with Crippen molar-refractivity contribution in [1.29, 1.82) is 0 Å². The van der Waals surface area contributed by atoms with Gasteiger partial charge in [0.2, 0.25) is 0 Å². The third kappa shape index (κ3) is 4.12. The van der Waals surface area contributed by atoms with E-state index in [1.165, 1.54) is 23.9 Å². The summed E-state index contributed by atoms with van der Waals surface area (Å²) in [5, 5.41) is 3.05. The average Bonchev–Trinajstić information content (AvgIpc) is 2.61. The monoisotopic (exact) mass is 353 g/mol. The number of morpholine rings is 1. The van der Waals surface area contributed by atoms with E-state index in [1.807, 2.05) is 30.3 Å². The number of nitrogens with one attached hydrogen (secondary N) is 1. The molecule has 2 aromatic carbocycles. The second-order valence-corrected chi connectivity index (χ2v) is 6.74. The second kappa shape index (κ2) is 7.59. The lowest BCUT2D eigenvalue weighted by Gasteiger charge is -2.31. The maximum atomic E-state index is 13.3. The number of alkyl halides is 3. The van der Waals surface area contributed by atoms with Gasteiger partial charge in [0.25, 0.3) is 0 Å². The molecule has 2 nitrogen and oxygen atoms in total. The van der Waals surface area contributed by atoms with Gasteiger partial charge in [-0.2, -0.15) is 13.2 Å². The normalized spacial score (nSPS) is 19.9. The summed E-state index contributed by atoms with van der Waals surface area (Å²) in [6.45, 7) is 1.96. The molecule has 128 valence electrons. The van der Waals surface area contributed by atoms with Gasteiger partial charge >= 0.3 is 6.18 Å². The summed E-state index contributed by atoms with van der Waals surface area (Å²) in [6.07, 6.45) is -4.54. The number of halogens is 3. The fourth-order valence-corrected chi connectivity index (χ4v) is 4.08. The maximum absolute atomic E-state index is 13.3. The van der Waals surface area contributed by atoms with Gasteiger partial charge in [0, 0.05) is 18.0 Å². The number of benzene rings is 2. The molecule has 1 heterocycles. The van der Waals surface area contributed by atoms with Crippen molar-refractivity contribution in [1.82, 2.24) is 5.32 Å². The molecule has 1 saturated heterocycles. The van der Waals surface area contributed by atoms with E-state index in [4.69, 9.17) is 4.74 Å². The summed E-state index contributed by atoms with van der Waals surface area (Å²) in [5.74, 6) is 0. The van der Waals surface area contributed by atoms with Crippen LogP contribution in [-0.2, 0) is 10.9 Å². The first-order chi connectivity index (χ1) is 11.6. The van der Waals surface area contributed by atoms with E-state index in [2.05, 4.69) is 5.32 Å². The zero-order valence-corrected chi connectivity index (χ0v) is 13.7. The molecule has 0 radical (unpaired) electrons. The summed E-state index contributed by atoms with van der Waals surface area (Å²) >= 11 is 1.22. The maximum Gasteiger partial charge on any atom is 0.417 e. The van der Waals surface area contributed by atoms with Crippen LogP contribution in [0.5, 0.6) is 0 Å². The van der Waals surface area contributed by atoms with Crippen LogP contribution < -0.4 is 5.32 Å². The predicted molar refractivity (Wildman–Crippen MR) is 89.1 cm³/mol. The Balaban J connectivity index is 1.93. The highest BCUT2D eigenvalue weighted by Gasteiger charge is 2.35. The van der Waals surface area contributed by atoms with Crippen LogP contribution >= 0.6 is 11.8 Å². The van der Waals surface area contributed by atoms with Gasteiger partial charge in [-0.05, 0) is 17.7 Å². The van der Waals surface area contributed by atoms with E-state index in [-0.39, 0.29) is 16.2 Å². The molecule has 2 atom stereocenters. The first kappa shape index (κ1) is 17.3. The minimum absolute atomic E-state index is 0.174. The van der Waals surface area contributed by atoms with Crippen LogP contribution in [0, 0.1) is 0 Å². The Kier molecular flexibility index (Phi) is 5.48.